The standard InChI is InChI=1S/C12H17NO5S/c1-8(2)5-13-11(14)7-19(17)6-9-3-4-10(18-9)12(15)16/h3-4,8H,5-7H2,1-2H3,(H,13,14)(H,15,16). The number of carboxylic acid groups (broad SMARTS) is 1. The molecule has 0 aliphatic carbocycles. The van der Waals surface area contributed by atoms with Crippen LogP contribution >= 0.6 is 0 Å². The summed E-state index contributed by atoms with van der Waals surface area (Å²) in [7, 11) is -1.41. The van der Waals surface area contributed by atoms with E-state index in [-0.39, 0.29) is 23.2 Å². The van der Waals surface area contributed by atoms with E-state index in [0.29, 0.717) is 18.2 Å². The second kappa shape index (κ2) is 7.08. The average molecular weight is 287 g/mol. The Bertz CT molecular complexity index is 480. The summed E-state index contributed by atoms with van der Waals surface area (Å²) in [6.07, 6.45) is 0. The molecule has 1 heterocycles. The van der Waals surface area contributed by atoms with E-state index in [9.17, 15) is 13.8 Å². The van der Waals surface area contributed by atoms with Gasteiger partial charge < -0.3 is 14.8 Å². The number of carbonyl (C=O) groups is 2. The van der Waals surface area contributed by atoms with E-state index in [4.69, 9.17) is 9.52 Å². The van der Waals surface area contributed by atoms with Crippen molar-refractivity contribution in [2.24, 2.45) is 5.92 Å². The van der Waals surface area contributed by atoms with Gasteiger partial charge in [-0.25, -0.2) is 4.79 Å². The lowest BCUT2D eigenvalue weighted by Crippen LogP contribution is -2.31. The molecule has 0 spiro atoms. The highest BCUT2D eigenvalue weighted by Gasteiger charge is 2.13. The van der Waals surface area contributed by atoms with E-state index in [1.165, 1.54) is 12.1 Å². The Hall–Kier alpha value is -1.63. The van der Waals surface area contributed by atoms with Gasteiger partial charge in [-0.2, -0.15) is 0 Å². The summed E-state index contributed by atoms with van der Waals surface area (Å²) >= 11 is 0. The maximum Gasteiger partial charge on any atom is 0.371 e. The molecule has 1 amide bonds. The SMILES string of the molecule is CC(C)CNC(=O)CS(=O)Cc1ccc(C(=O)O)o1. The molecule has 0 aromatic carbocycles. The third-order valence-electron chi connectivity index (χ3n) is 2.18. The number of rotatable bonds is 7. The molecule has 6 nitrogen and oxygen atoms in total. The van der Waals surface area contributed by atoms with Gasteiger partial charge in [0.15, 0.2) is 0 Å². The molecule has 2 N–H and O–H groups in total. The lowest BCUT2D eigenvalue weighted by Gasteiger charge is -2.06. The van der Waals surface area contributed by atoms with Crippen molar-refractivity contribution >= 4 is 22.7 Å². The summed E-state index contributed by atoms with van der Waals surface area (Å²) in [5.41, 5.74) is 0. The van der Waals surface area contributed by atoms with E-state index in [1.807, 2.05) is 13.8 Å². The number of hydrogen-bond acceptors (Lipinski definition) is 4. The molecule has 1 aromatic rings. The fourth-order valence-corrected chi connectivity index (χ4v) is 2.26. The van der Waals surface area contributed by atoms with Crippen molar-refractivity contribution in [2.75, 3.05) is 12.3 Å². The van der Waals surface area contributed by atoms with Gasteiger partial charge in [0.1, 0.15) is 11.5 Å². The van der Waals surface area contributed by atoms with Gasteiger partial charge in [-0.1, -0.05) is 13.8 Å². The Balaban J connectivity index is 2.42. The fraction of sp³-hybridized carbons (Fsp3) is 0.500. The zero-order valence-electron chi connectivity index (χ0n) is 10.8. The Morgan fingerprint density at radius 1 is 1.42 bits per heavy atom. The van der Waals surface area contributed by atoms with Crippen LogP contribution in [0.25, 0.3) is 0 Å². The van der Waals surface area contributed by atoms with Crippen LogP contribution in [0.5, 0.6) is 0 Å². The summed E-state index contributed by atoms with van der Waals surface area (Å²) in [6.45, 7) is 4.47. The lowest BCUT2D eigenvalue weighted by atomic mass is 10.2. The van der Waals surface area contributed by atoms with Gasteiger partial charge in [-0.05, 0) is 18.1 Å². The Kier molecular flexibility index (Phi) is 5.75. The third kappa shape index (κ3) is 5.69. The lowest BCUT2D eigenvalue weighted by molar-refractivity contribution is -0.118. The first-order valence-corrected chi connectivity index (χ1v) is 7.31. The van der Waals surface area contributed by atoms with Crippen molar-refractivity contribution < 1.29 is 23.3 Å². The van der Waals surface area contributed by atoms with Gasteiger partial charge in [-0.15, -0.1) is 0 Å². The van der Waals surface area contributed by atoms with E-state index < -0.39 is 16.8 Å². The van der Waals surface area contributed by atoms with Crippen molar-refractivity contribution in [2.45, 2.75) is 19.6 Å². The summed E-state index contributed by atoms with van der Waals surface area (Å²) in [6, 6.07) is 2.75. The molecule has 1 rings (SSSR count). The maximum absolute atomic E-state index is 11.7. The molecule has 0 saturated heterocycles. The largest absolute Gasteiger partial charge is 0.475 e. The van der Waals surface area contributed by atoms with Gasteiger partial charge in [0, 0.05) is 17.3 Å². The topological polar surface area (TPSA) is 96.6 Å². The molecule has 0 radical (unpaired) electrons. The Morgan fingerprint density at radius 3 is 2.63 bits per heavy atom. The van der Waals surface area contributed by atoms with Gasteiger partial charge in [0.2, 0.25) is 11.7 Å². The van der Waals surface area contributed by atoms with Crippen LogP contribution in [-0.2, 0) is 21.3 Å². The van der Waals surface area contributed by atoms with Crippen LogP contribution in [0.1, 0.15) is 30.2 Å². The van der Waals surface area contributed by atoms with Crippen LogP contribution in [0, 0.1) is 5.92 Å². The highest BCUT2D eigenvalue weighted by atomic mass is 32.2. The molecule has 0 fully saturated rings. The summed E-state index contributed by atoms with van der Waals surface area (Å²) in [5.74, 6) is -1.11. The van der Waals surface area contributed by atoms with Crippen molar-refractivity contribution in [3.63, 3.8) is 0 Å². The van der Waals surface area contributed by atoms with Crippen LogP contribution in [-0.4, -0.2) is 33.5 Å². The quantitative estimate of drug-likeness (QED) is 0.779. The average Bonchev–Trinajstić information content (AvgIpc) is 2.74. The molecular weight excluding hydrogens is 270 g/mol. The predicted molar refractivity (Wildman–Crippen MR) is 70.2 cm³/mol. The summed E-state index contributed by atoms with van der Waals surface area (Å²) in [5, 5.41) is 11.3. The molecule has 1 atom stereocenters. The molecule has 0 aliphatic heterocycles. The molecule has 1 unspecified atom stereocenters. The number of carboxylic acids is 1. The van der Waals surface area contributed by atoms with Crippen molar-refractivity contribution in [1.29, 1.82) is 0 Å². The highest BCUT2D eigenvalue weighted by Crippen LogP contribution is 2.10. The zero-order chi connectivity index (χ0) is 14.4. The van der Waals surface area contributed by atoms with Crippen molar-refractivity contribution in [1.82, 2.24) is 5.32 Å². The van der Waals surface area contributed by atoms with Crippen LogP contribution in [0.3, 0.4) is 0 Å². The summed E-state index contributed by atoms with van der Waals surface area (Å²) in [4.78, 5) is 22.0. The normalized spacial score (nSPS) is 12.4. The second-order valence-electron chi connectivity index (χ2n) is 4.50. The van der Waals surface area contributed by atoms with Crippen LogP contribution < -0.4 is 5.32 Å². The molecule has 0 bridgehead atoms. The van der Waals surface area contributed by atoms with E-state index in [1.54, 1.807) is 0 Å². The maximum atomic E-state index is 11.7. The van der Waals surface area contributed by atoms with Crippen molar-refractivity contribution in [3.05, 3.63) is 23.7 Å². The van der Waals surface area contributed by atoms with Crippen LogP contribution in [0.4, 0.5) is 0 Å². The minimum absolute atomic E-state index is 0.0301. The number of carbonyl (C=O) groups excluding carboxylic acids is 1. The van der Waals surface area contributed by atoms with Gasteiger partial charge in [-0.3, -0.25) is 9.00 Å². The van der Waals surface area contributed by atoms with Gasteiger partial charge in [0.05, 0.1) is 5.75 Å². The molecule has 1 aromatic heterocycles. The minimum Gasteiger partial charge on any atom is -0.475 e. The first-order valence-electron chi connectivity index (χ1n) is 5.82. The van der Waals surface area contributed by atoms with E-state index >= 15 is 0 Å². The monoisotopic (exact) mass is 287 g/mol. The predicted octanol–water partition coefficient (Wildman–Crippen LogP) is 0.999. The highest BCUT2D eigenvalue weighted by molar-refractivity contribution is 7.84. The van der Waals surface area contributed by atoms with E-state index in [0.717, 1.165) is 0 Å². The first-order chi connectivity index (χ1) is 8.88. The minimum atomic E-state index is -1.41. The molecule has 19 heavy (non-hydrogen) atoms. The molecule has 106 valence electrons. The number of nitrogens with one attached hydrogen (secondary N) is 1. The molecular formula is C12H17NO5S. The molecule has 7 heteroatoms. The van der Waals surface area contributed by atoms with Crippen LogP contribution in [0.2, 0.25) is 0 Å². The number of amides is 1. The zero-order valence-corrected chi connectivity index (χ0v) is 11.7. The van der Waals surface area contributed by atoms with Crippen LogP contribution in [0.15, 0.2) is 16.5 Å². The Morgan fingerprint density at radius 2 is 2.11 bits per heavy atom. The number of hydrogen-bond donors (Lipinski definition) is 2. The van der Waals surface area contributed by atoms with Gasteiger partial charge in [0.25, 0.3) is 0 Å². The fourth-order valence-electron chi connectivity index (χ4n) is 1.30. The number of aromatic carboxylic acids is 1. The van der Waals surface area contributed by atoms with Crippen molar-refractivity contribution in [3.8, 4) is 0 Å². The number of furan rings is 1. The van der Waals surface area contributed by atoms with Gasteiger partial charge >= 0.3 is 5.97 Å². The molecule has 0 aliphatic rings. The smallest absolute Gasteiger partial charge is 0.371 e. The second-order valence-corrected chi connectivity index (χ2v) is 5.95. The first kappa shape index (κ1) is 15.4. The van der Waals surface area contributed by atoms with E-state index in [2.05, 4.69) is 5.32 Å². The molecule has 0 saturated carbocycles. The third-order valence-corrected chi connectivity index (χ3v) is 3.37. The summed E-state index contributed by atoms with van der Waals surface area (Å²) < 4.78 is 16.7. The Labute approximate surface area is 113 Å².